The van der Waals surface area contributed by atoms with Gasteiger partial charge in [0.05, 0.1) is 26.2 Å². The molecule has 2 rings (SSSR count). The normalized spacial score (nSPS) is 31.2. The minimum absolute atomic E-state index is 1.50. The molecule has 0 aromatic carbocycles. The molecule has 1 spiro atoms. The second kappa shape index (κ2) is 2.54. The Morgan fingerprint density at radius 3 is 1.40 bits per heavy atom. The maximum Gasteiger partial charge on any atom is 0.0788 e. The lowest BCUT2D eigenvalue weighted by Gasteiger charge is -2.37. The van der Waals surface area contributed by atoms with Gasteiger partial charge in [-0.1, -0.05) is 0 Å². The highest BCUT2D eigenvalue weighted by atomic mass is 15.4. The van der Waals surface area contributed by atoms with Crippen molar-refractivity contribution in [2.75, 3.05) is 26.2 Å². The van der Waals surface area contributed by atoms with E-state index in [1.54, 1.807) is 0 Å². The molecule has 10 heavy (non-hydrogen) atoms. The minimum Gasteiger partial charge on any atom is -0.324 e. The number of rotatable bonds is 0. The largest absolute Gasteiger partial charge is 0.324 e. The SMILES string of the molecule is C1CC[N+]2(CC1)CCCC2. The van der Waals surface area contributed by atoms with E-state index in [9.17, 15) is 0 Å². The number of piperidine rings is 1. The molecule has 2 aliphatic heterocycles. The van der Waals surface area contributed by atoms with Crippen molar-refractivity contribution in [3.63, 3.8) is 0 Å². The average Bonchev–Trinajstić information content (AvgIpc) is 2.39. The highest BCUT2D eigenvalue weighted by Crippen LogP contribution is 2.25. The predicted molar refractivity (Wildman–Crippen MR) is 42.8 cm³/mol. The van der Waals surface area contributed by atoms with Gasteiger partial charge in [0.15, 0.2) is 0 Å². The van der Waals surface area contributed by atoms with Crippen LogP contribution in [0.15, 0.2) is 0 Å². The summed E-state index contributed by atoms with van der Waals surface area (Å²) >= 11 is 0. The molecule has 0 aromatic heterocycles. The summed E-state index contributed by atoms with van der Waals surface area (Å²) in [5, 5.41) is 0. The fourth-order valence-corrected chi connectivity index (χ4v) is 2.64. The topological polar surface area (TPSA) is 0 Å². The van der Waals surface area contributed by atoms with Gasteiger partial charge in [-0.15, -0.1) is 0 Å². The predicted octanol–water partition coefficient (Wildman–Crippen LogP) is 1.78. The molecule has 0 atom stereocenters. The summed E-state index contributed by atoms with van der Waals surface area (Å²) in [5.41, 5.74) is 0. The van der Waals surface area contributed by atoms with Crippen LogP contribution in [0.2, 0.25) is 0 Å². The van der Waals surface area contributed by atoms with Crippen LogP contribution >= 0.6 is 0 Å². The van der Waals surface area contributed by atoms with Gasteiger partial charge >= 0.3 is 0 Å². The first-order valence-corrected chi connectivity index (χ1v) is 4.76. The standard InChI is InChI=1S/C9H18N/c1-2-6-10(7-3-1)8-4-5-9-10/h1-9H2/q+1. The zero-order chi connectivity index (χ0) is 6.86. The van der Waals surface area contributed by atoms with Gasteiger partial charge in [-0.25, -0.2) is 0 Å². The molecule has 0 bridgehead atoms. The zero-order valence-corrected chi connectivity index (χ0v) is 6.81. The van der Waals surface area contributed by atoms with E-state index in [4.69, 9.17) is 0 Å². The van der Waals surface area contributed by atoms with Crippen LogP contribution in [0.25, 0.3) is 0 Å². The molecular weight excluding hydrogens is 122 g/mol. The van der Waals surface area contributed by atoms with Crippen LogP contribution in [0.4, 0.5) is 0 Å². The molecule has 1 nitrogen and oxygen atoms in total. The van der Waals surface area contributed by atoms with Crippen molar-refractivity contribution in [1.29, 1.82) is 0 Å². The molecular formula is C9H18N+. The van der Waals surface area contributed by atoms with Gasteiger partial charge < -0.3 is 4.48 Å². The quantitative estimate of drug-likeness (QED) is 0.450. The Labute approximate surface area is 63.6 Å². The number of hydrogen-bond donors (Lipinski definition) is 0. The summed E-state index contributed by atoms with van der Waals surface area (Å²) in [4.78, 5) is 0. The molecule has 58 valence electrons. The molecule has 2 saturated heterocycles. The first-order chi connectivity index (χ1) is 4.91. The van der Waals surface area contributed by atoms with Crippen LogP contribution in [-0.4, -0.2) is 30.7 Å². The van der Waals surface area contributed by atoms with E-state index in [1.165, 1.54) is 62.8 Å². The molecule has 0 unspecified atom stereocenters. The third-order valence-corrected chi connectivity index (χ3v) is 3.28. The summed E-state index contributed by atoms with van der Waals surface area (Å²) < 4.78 is 1.50. The van der Waals surface area contributed by atoms with Crippen molar-refractivity contribution >= 4 is 0 Å². The zero-order valence-electron chi connectivity index (χ0n) is 6.81. The number of quaternary nitrogens is 1. The van der Waals surface area contributed by atoms with Crippen molar-refractivity contribution < 1.29 is 4.48 Å². The highest BCUT2D eigenvalue weighted by Gasteiger charge is 2.32. The van der Waals surface area contributed by atoms with Crippen molar-refractivity contribution in [3.8, 4) is 0 Å². The monoisotopic (exact) mass is 140 g/mol. The summed E-state index contributed by atoms with van der Waals surface area (Å²) in [5.74, 6) is 0. The lowest BCUT2D eigenvalue weighted by molar-refractivity contribution is -0.921. The molecule has 2 aliphatic rings. The van der Waals surface area contributed by atoms with Crippen molar-refractivity contribution in [3.05, 3.63) is 0 Å². The molecule has 0 saturated carbocycles. The van der Waals surface area contributed by atoms with Gasteiger partial charge in [-0.05, 0) is 19.3 Å². The Bertz CT molecular complexity index is 106. The maximum atomic E-state index is 1.50. The lowest BCUT2D eigenvalue weighted by atomic mass is 10.1. The maximum absolute atomic E-state index is 1.50. The summed E-state index contributed by atoms with van der Waals surface area (Å²) in [6.45, 7) is 6.00. The van der Waals surface area contributed by atoms with Crippen molar-refractivity contribution in [2.45, 2.75) is 32.1 Å². The van der Waals surface area contributed by atoms with E-state index in [0.717, 1.165) is 0 Å². The molecule has 0 aliphatic carbocycles. The van der Waals surface area contributed by atoms with Crippen LogP contribution in [0.1, 0.15) is 32.1 Å². The minimum atomic E-state index is 1.50. The first-order valence-electron chi connectivity index (χ1n) is 4.76. The Hall–Kier alpha value is -0.0400. The average molecular weight is 140 g/mol. The second-order valence-electron chi connectivity index (χ2n) is 4.00. The summed E-state index contributed by atoms with van der Waals surface area (Å²) in [7, 11) is 0. The second-order valence-corrected chi connectivity index (χ2v) is 4.00. The molecule has 0 amide bonds. The van der Waals surface area contributed by atoms with E-state index in [2.05, 4.69) is 0 Å². The molecule has 1 heteroatoms. The van der Waals surface area contributed by atoms with Crippen LogP contribution in [-0.2, 0) is 0 Å². The third kappa shape index (κ3) is 1.07. The van der Waals surface area contributed by atoms with E-state index < -0.39 is 0 Å². The smallest absolute Gasteiger partial charge is 0.0788 e. The van der Waals surface area contributed by atoms with E-state index >= 15 is 0 Å². The Morgan fingerprint density at radius 2 is 0.900 bits per heavy atom. The first kappa shape index (κ1) is 6.66. The van der Waals surface area contributed by atoms with Gasteiger partial charge in [-0.3, -0.25) is 0 Å². The highest BCUT2D eigenvalue weighted by molar-refractivity contribution is 4.59. The lowest BCUT2D eigenvalue weighted by Crippen LogP contribution is -2.48. The Morgan fingerprint density at radius 1 is 0.500 bits per heavy atom. The van der Waals surface area contributed by atoms with E-state index in [1.807, 2.05) is 0 Å². The van der Waals surface area contributed by atoms with Gasteiger partial charge in [0.25, 0.3) is 0 Å². The van der Waals surface area contributed by atoms with Crippen LogP contribution in [0.5, 0.6) is 0 Å². The van der Waals surface area contributed by atoms with Crippen LogP contribution in [0.3, 0.4) is 0 Å². The van der Waals surface area contributed by atoms with Gasteiger partial charge in [0.1, 0.15) is 0 Å². The summed E-state index contributed by atoms with van der Waals surface area (Å²) in [6.07, 6.45) is 7.50. The fourth-order valence-electron chi connectivity index (χ4n) is 2.64. The van der Waals surface area contributed by atoms with Crippen molar-refractivity contribution in [1.82, 2.24) is 0 Å². The Kier molecular flexibility index (Phi) is 1.69. The summed E-state index contributed by atoms with van der Waals surface area (Å²) in [6, 6.07) is 0. The van der Waals surface area contributed by atoms with Gasteiger partial charge in [0.2, 0.25) is 0 Å². The molecule has 2 fully saturated rings. The van der Waals surface area contributed by atoms with Gasteiger partial charge in [-0.2, -0.15) is 0 Å². The van der Waals surface area contributed by atoms with E-state index in [-0.39, 0.29) is 0 Å². The molecule has 0 N–H and O–H groups in total. The fraction of sp³-hybridized carbons (Fsp3) is 1.00. The molecule has 2 heterocycles. The molecule has 0 radical (unpaired) electrons. The number of hydrogen-bond acceptors (Lipinski definition) is 0. The van der Waals surface area contributed by atoms with Crippen LogP contribution in [0, 0.1) is 0 Å². The molecule has 0 aromatic rings. The van der Waals surface area contributed by atoms with Crippen LogP contribution < -0.4 is 0 Å². The van der Waals surface area contributed by atoms with E-state index in [0.29, 0.717) is 0 Å². The van der Waals surface area contributed by atoms with Crippen molar-refractivity contribution in [2.24, 2.45) is 0 Å². The Balaban J connectivity index is 1.98. The number of nitrogens with zero attached hydrogens (tertiary/aromatic N) is 1. The van der Waals surface area contributed by atoms with Gasteiger partial charge in [0, 0.05) is 12.8 Å². The third-order valence-electron chi connectivity index (χ3n) is 3.28.